The predicted octanol–water partition coefficient (Wildman–Crippen LogP) is 4.09. The summed E-state index contributed by atoms with van der Waals surface area (Å²) in [5, 5.41) is 20.8. The molecular formula is C14H17Cl2NO. The first-order chi connectivity index (χ1) is 8.38. The zero-order valence-corrected chi connectivity index (χ0v) is 11.9. The van der Waals surface area contributed by atoms with E-state index in [0.29, 0.717) is 42.2 Å². The Balaban J connectivity index is 2.17. The second-order valence-electron chi connectivity index (χ2n) is 5.69. The molecule has 0 amide bonds. The van der Waals surface area contributed by atoms with Gasteiger partial charge in [0.05, 0.1) is 22.1 Å². The fourth-order valence-corrected chi connectivity index (χ4v) is 3.21. The summed E-state index contributed by atoms with van der Waals surface area (Å²) in [6, 6.07) is 2.47. The van der Waals surface area contributed by atoms with Crippen molar-refractivity contribution in [2.45, 2.75) is 44.6 Å². The van der Waals surface area contributed by atoms with E-state index in [9.17, 15) is 10.4 Å². The van der Waals surface area contributed by atoms with E-state index >= 15 is 0 Å². The highest BCUT2D eigenvalue weighted by Crippen LogP contribution is 2.49. The Bertz CT molecular complexity index is 435. The van der Waals surface area contributed by atoms with Gasteiger partial charge in [-0.05, 0) is 45.1 Å². The molecule has 2 aliphatic rings. The molecule has 0 saturated heterocycles. The maximum absolute atomic E-state index is 10.0. The van der Waals surface area contributed by atoms with Crippen LogP contribution in [0.3, 0.4) is 0 Å². The van der Waals surface area contributed by atoms with Crippen LogP contribution >= 0.6 is 23.2 Å². The van der Waals surface area contributed by atoms with Gasteiger partial charge in [0.1, 0.15) is 0 Å². The van der Waals surface area contributed by atoms with Crippen molar-refractivity contribution in [1.82, 2.24) is 0 Å². The standard InChI is InChI=1S/C14H17Cl2NO/c1-13(18)4-6-14(9-17,7-5-13)10-2-3-11(15)12(16)8-10/h2-3,10,18H,4-8H2,1H3. The van der Waals surface area contributed by atoms with Crippen molar-refractivity contribution in [1.29, 1.82) is 5.26 Å². The SMILES string of the molecule is CC1(O)CCC(C#N)(C2C=CC(Cl)=C(Cl)C2)CC1. The van der Waals surface area contributed by atoms with Crippen LogP contribution in [0.1, 0.15) is 39.0 Å². The molecule has 4 heteroatoms. The molecule has 18 heavy (non-hydrogen) atoms. The number of hydrogen-bond donors (Lipinski definition) is 1. The molecule has 2 aliphatic carbocycles. The quantitative estimate of drug-likeness (QED) is 0.789. The molecule has 1 saturated carbocycles. The molecule has 0 spiro atoms. The third-order valence-electron chi connectivity index (χ3n) is 4.28. The summed E-state index contributed by atoms with van der Waals surface area (Å²) >= 11 is 12.0. The van der Waals surface area contributed by atoms with Gasteiger partial charge >= 0.3 is 0 Å². The molecule has 0 aromatic rings. The van der Waals surface area contributed by atoms with Crippen LogP contribution in [0.2, 0.25) is 0 Å². The Labute approximate surface area is 118 Å². The number of nitrogens with zero attached hydrogens (tertiary/aromatic N) is 1. The van der Waals surface area contributed by atoms with Crippen molar-refractivity contribution in [2.75, 3.05) is 0 Å². The minimum atomic E-state index is -0.629. The van der Waals surface area contributed by atoms with Crippen molar-refractivity contribution in [2.24, 2.45) is 11.3 Å². The van der Waals surface area contributed by atoms with Gasteiger partial charge in [-0.2, -0.15) is 5.26 Å². The summed E-state index contributed by atoms with van der Waals surface area (Å²) in [5.74, 6) is 0.105. The molecule has 0 heterocycles. The van der Waals surface area contributed by atoms with E-state index in [2.05, 4.69) is 6.07 Å². The number of hydrogen-bond acceptors (Lipinski definition) is 2. The Kier molecular flexibility index (Phi) is 3.78. The number of nitriles is 1. The highest BCUT2D eigenvalue weighted by molar-refractivity contribution is 6.40. The van der Waals surface area contributed by atoms with Gasteiger partial charge in [0.15, 0.2) is 0 Å². The highest BCUT2D eigenvalue weighted by Gasteiger charge is 2.44. The molecule has 0 aromatic carbocycles. The summed E-state index contributed by atoms with van der Waals surface area (Å²) in [6.45, 7) is 1.84. The van der Waals surface area contributed by atoms with Crippen molar-refractivity contribution in [3.63, 3.8) is 0 Å². The summed E-state index contributed by atoms with van der Waals surface area (Å²) in [6.07, 6.45) is 7.19. The Morgan fingerprint density at radius 2 is 1.94 bits per heavy atom. The van der Waals surface area contributed by atoms with Crippen LogP contribution in [-0.4, -0.2) is 10.7 Å². The minimum absolute atomic E-state index is 0.105. The molecule has 1 unspecified atom stereocenters. The number of halogens is 2. The summed E-state index contributed by atoms with van der Waals surface area (Å²) in [7, 11) is 0. The molecule has 0 radical (unpaired) electrons. The number of rotatable bonds is 1. The summed E-state index contributed by atoms with van der Waals surface area (Å²) < 4.78 is 0. The van der Waals surface area contributed by atoms with Gasteiger partial charge < -0.3 is 5.11 Å². The smallest absolute Gasteiger partial charge is 0.0696 e. The monoisotopic (exact) mass is 285 g/mol. The number of aliphatic hydroxyl groups is 1. The summed E-state index contributed by atoms with van der Waals surface area (Å²) in [5.41, 5.74) is -1.04. The average molecular weight is 286 g/mol. The van der Waals surface area contributed by atoms with E-state index in [4.69, 9.17) is 23.2 Å². The van der Waals surface area contributed by atoms with Gasteiger partial charge in [-0.3, -0.25) is 0 Å². The molecule has 1 fully saturated rings. The van der Waals surface area contributed by atoms with Crippen molar-refractivity contribution in [3.05, 3.63) is 22.2 Å². The molecule has 1 N–H and O–H groups in total. The molecule has 98 valence electrons. The third-order valence-corrected chi connectivity index (χ3v) is 5.09. The van der Waals surface area contributed by atoms with E-state index in [1.807, 2.05) is 13.0 Å². The highest BCUT2D eigenvalue weighted by atomic mass is 35.5. The second-order valence-corrected chi connectivity index (χ2v) is 6.55. The van der Waals surface area contributed by atoms with Gasteiger partial charge in [-0.1, -0.05) is 29.3 Å². The molecule has 2 rings (SSSR count). The molecule has 0 bridgehead atoms. The number of allylic oxidation sites excluding steroid dienone is 4. The topological polar surface area (TPSA) is 44.0 Å². The zero-order valence-electron chi connectivity index (χ0n) is 10.4. The van der Waals surface area contributed by atoms with Crippen LogP contribution < -0.4 is 0 Å². The largest absolute Gasteiger partial charge is 0.390 e. The minimum Gasteiger partial charge on any atom is -0.390 e. The lowest BCUT2D eigenvalue weighted by molar-refractivity contribution is -0.0145. The Morgan fingerprint density at radius 3 is 2.44 bits per heavy atom. The first-order valence-corrected chi connectivity index (χ1v) is 7.00. The molecule has 0 aromatic heterocycles. The maximum Gasteiger partial charge on any atom is 0.0696 e. The first kappa shape index (κ1) is 13.9. The van der Waals surface area contributed by atoms with Crippen LogP contribution in [-0.2, 0) is 0 Å². The van der Waals surface area contributed by atoms with E-state index in [-0.39, 0.29) is 5.92 Å². The predicted molar refractivity (Wildman–Crippen MR) is 73.1 cm³/mol. The second kappa shape index (κ2) is 4.89. The summed E-state index contributed by atoms with van der Waals surface area (Å²) in [4.78, 5) is 0. The average Bonchev–Trinajstić information content (AvgIpc) is 2.34. The van der Waals surface area contributed by atoms with Crippen molar-refractivity contribution >= 4 is 23.2 Å². The lowest BCUT2D eigenvalue weighted by Gasteiger charge is -2.42. The Hall–Kier alpha value is -0.490. The van der Waals surface area contributed by atoms with E-state index in [1.54, 1.807) is 6.08 Å². The van der Waals surface area contributed by atoms with Crippen LogP contribution in [0.5, 0.6) is 0 Å². The van der Waals surface area contributed by atoms with E-state index in [1.165, 1.54) is 0 Å². The van der Waals surface area contributed by atoms with Gasteiger partial charge in [0.2, 0.25) is 0 Å². The van der Waals surface area contributed by atoms with Crippen LogP contribution in [0.15, 0.2) is 22.2 Å². The molecule has 1 atom stereocenters. The molecule has 2 nitrogen and oxygen atoms in total. The van der Waals surface area contributed by atoms with Crippen molar-refractivity contribution in [3.8, 4) is 6.07 Å². The normalized spacial score (nSPS) is 40.7. The van der Waals surface area contributed by atoms with Crippen molar-refractivity contribution < 1.29 is 5.11 Å². The van der Waals surface area contributed by atoms with Crippen LogP contribution in [0.4, 0.5) is 0 Å². The van der Waals surface area contributed by atoms with Gasteiger partial charge in [0.25, 0.3) is 0 Å². The molecule has 0 aliphatic heterocycles. The van der Waals surface area contributed by atoms with Gasteiger partial charge in [-0.25, -0.2) is 0 Å². The van der Waals surface area contributed by atoms with Gasteiger partial charge in [0, 0.05) is 11.0 Å². The molecular weight excluding hydrogens is 269 g/mol. The van der Waals surface area contributed by atoms with Gasteiger partial charge in [-0.15, -0.1) is 0 Å². The van der Waals surface area contributed by atoms with Crippen LogP contribution in [0.25, 0.3) is 0 Å². The maximum atomic E-state index is 10.0. The lowest BCUT2D eigenvalue weighted by atomic mass is 9.62. The fraction of sp³-hybridized carbons (Fsp3) is 0.643. The first-order valence-electron chi connectivity index (χ1n) is 6.25. The fourth-order valence-electron chi connectivity index (χ4n) is 2.83. The Morgan fingerprint density at radius 1 is 1.33 bits per heavy atom. The third kappa shape index (κ3) is 2.59. The van der Waals surface area contributed by atoms with E-state index in [0.717, 1.165) is 0 Å². The van der Waals surface area contributed by atoms with E-state index < -0.39 is 11.0 Å². The lowest BCUT2D eigenvalue weighted by Crippen LogP contribution is -2.40. The zero-order chi connectivity index (χ0) is 13.4. The van der Waals surface area contributed by atoms with Crippen LogP contribution in [0, 0.1) is 22.7 Å².